The summed E-state index contributed by atoms with van der Waals surface area (Å²) in [6.45, 7) is 2.25. The van der Waals surface area contributed by atoms with E-state index in [1.807, 2.05) is 43.3 Å². The topological polar surface area (TPSA) is 49.4 Å². The van der Waals surface area contributed by atoms with Gasteiger partial charge in [-0.3, -0.25) is 9.59 Å². The molecule has 1 fully saturated rings. The lowest BCUT2D eigenvalue weighted by molar-refractivity contribution is -0.122. The maximum atomic E-state index is 12.5. The Morgan fingerprint density at radius 1 is 1.17 bits per heavy atom. The van der Waals surface area contributed by atoms with E-state index < -0.39 is 0 Å². The van der Waals surface area contributed by atoms with E-state index in [4.69, 9.17) is 11.6 Å². The van der Waals surface area contributed by atoms with Gasteiger partial charge in [-0.2, -0.15) is 0 Å². The van der Waals surface area contributed by atoms with Crippen molar-refractivity contribution in [1.29, 1.82) is 0 Å². The standard InChI is InChI=1S/C18H17ClN2O2/c1-12-15(19)8-5-9-16(12)20-18(23)13-10-17(22)21(11-13)14-6-3-2-4-7-14/h2-9,13H,10-11H2,1H3,(H,20,23)/t13-/m0/s1. The summed E-state index contributed by atoms with van der Waals surface area (Å²) >= 11 is 6.07. The molecule has 23 heavy (non-hydrogen) atoms. The molecule has 0 unspecified atom stereocenters. The molecule has 2 amide bonds. The Morgan fingerprint density at radius 3 is 2.65 bits per heavy atom. The van der Waals surface area contributed by atoms with E-state index in [1.165, 1.54) is 0 Å². The van der Waals surface area contributed by atoms with Crippen molar-refractivity contribution in [2.24, 2.45) is 5.92 Å². The van der Waals surface area contributed by atoms with E-state index in [2.05, 4.69) is 5.32 Å². The number of nitrogens with one attached hydrogen (secondary N) is 1. The molecular weight excluding hydrogens is 312 g/mol. The van der Waals surface area contributed by atoms with Crippen LogP contribution in [0.15, 0.2) is 48.5 Å². The zero-order valence-corrected chi connectivity index (χ0v) is 13.5. The van der Waals surface area contributed by atoms with Gasteiger partial charge in [-0.15, -0.1) is 0 Å². The largest absolute Gasteiger partial charge is 0.325 e. The average molecular weight is 329 g/mol. The number of para-hydroxylation sites is 1. The monoisotopic (exact) mass is 328 g/mol. The van der Waals surface area contributed by atoms with E-state index in [9.17, 15) is 9.59 Å². The molecule has 5 heteroatoms. The molecular formula is C18H17ClN2O2. The van der Waals surface area contributed by atoms with Crippen molar-refractivity contribution in [3.05, 3.63) is 59.1 Å². The number of hydrogen-bond acceptors (Lipinski definition) is 2. The second-order valence-electron chi connectivity index (χ2n) is 5.64. The molecule has 0 aromatic heterocycles. The number of amides is 2. The van der Waals surface area contributed by atoms with Crippen LogP contribution in [0.3, 0.4) is 0 Å². The zero-order valence-electron chi connectivity index (χ0n) is 12.8. The van der Waals surface area contributed by atoms with Gasteiger partial charge in [0.05, 0.1) is 5.92 Å². The second kappa shape index (κ2) is 6.42. The molecule has 0 radical (unpaired) electrons. The van der Waals surface area contributed by atoms with Gasteiger partial charge in [0.25, 0.3) is 0 Å². The predicted molar refractivity (Wildman–Crippen MR) is 91.7 cm³/mol. The molecule has 0 spiro atoms. The van der Waals surface area contributed by atoms with Crippen LogP contribution in [-0.2, 0) is 9.59 Å². The highest BCUT2D eigenvalue weighted by Crippen LogP contribution is 2.27. The number of rotatable bonds is 3. The minimum atomic E-state index is -0.360. The van der Waals surface area contributed by atoms with E-state index in [0.29, 0.717) is 17.3 Å². The summed E-state index contributed by atoms with van der Waals surface area (Å²) < 4.78 is 0. The molecule has 2 aromatic carbocycles. The summed E-state index contributed by atoms with van der Waals surface area (Å²) in [4.78, 5) is 26.3. The Labute approximate surface area is 140 Å². The van der Waals surface area contributed by atoms with Crippen LogP contribution < -0.4 is 10.2 Å². The van der Waals surface area contributed by atoms with Crippen LogP contribution in [0.25, 0.3) is 0 Å². The van der Waals surface area contributed by atoms with Gasteiger partial charge in [0, 0.05) is 29.4 Å². The van der Waals surface area contributed by atoms with Crippen molar-refractivity contribution in [3.8, 4) is 0 Å². The molecule has 1 atom stereocenters. The number of hydrogen-bond donors (Lipinski definition) is 1. The summed E-state index contributed by atoms with van der Waals surface area (Å²) in [5.41, 5.74) is 2.34. The lowest BCUT2D eigenvalue weighted by Gasteiger charge is -2.17. The van der Waals surface area contributed by atoms with Crippen LogP contribution >= 0.6 is 11.6 Å². The Kier molecular flexibility index (Phi) is 4.35. The Morgan fingerprint density at radius 2 is 1.91 bits per heavy atom. The number of benzene rings is 2. The van der Waals surface area contributed by atoms with Gasteiger partial charge < -0.3 is 10.2 Å². The summed E-state index contributed by atoms with van der Waals surface area (Å²) in [5.74, 6) is -0.539. The second-order valence-corrected chi connectivity index (χ2v) is 6.05. The maximum absolute atomic E-state index is 12.5. The Balaban J connectivity index is 1.72. The molecule has 1 aliphatic rings. The molecule has 1 aliphatic heterocycles. The van der Waals surface area contributed by atoms with Gasteiger partial charge in [0.1, 0.15) is 0 Å². The van der Waals surface area contributed by atoms with Gasteiger partial charge in [0.15, 0.2) is 0 Å². The summed E-state index contributed by atoms with van der Waals surface area (Å²) in [5, 5.41) is 3.49. The number of halogens is 1. The quantitative estimate of drug-likeness (QED) is 0.935. The average Bonchev–Trinajstić information content (AvgIpc) is 2.95. The highest BCUT2D eigenvalue weighted by atomic mass is 35.5. The fourth-order valence-electron chi connectivity index (χ4n) is 2.72. The van der Waals surface area contributed by atoms with Crippen molar-refractivity contribution in [1.82, 2.24) is 0 Å². The third-order valence-electron chi connectivity index (χ3n) is 4.09. The van der Waals surface area contributed by atoms with Gasteiger partial charge in [-0.1, -0.05) is 35.9 Å². The fourth-order valence-corrected chi connectivity index (χ4v) is 2.89. The number of carbonyl (C=O) groups excluding carboxylic acids is 2. The highest BCUT2D eigenvalue weighted by Gasteiger charge is 2.35. The first-order chi connectivity index (χ1) is 11.1. The first-order valence-electron chi connectivity index (χ1n) is 7.47. The molecule has 0 bridgehead atoms. The first-order valence-corrected chi connectivity index (χ1v) is 7.85. The smallest absolute Gasteiger partial charge is 0.229 e. The van der Waals surface area contributed by atoms with Crippen LogP contribution in [0.4, 0.5) is 11.4 Å². The SMILES string of the molecule is Cc1c(Cl)cccc1NC(=O)[C@H]1CC(=O)N(c2ccccc2)C1. The van der Waals surface area contributed by atoms with Gasteiger partial charge in [-0.05, 0) is 36.8 Å². The molecule has 1 N–H and O–H groups in total. The highest BCUT2D eigenvalue weighted by molar-refractivity contribution is 6.31. The maximum Gasteiger partial charge on any atom is 0.229 e. The van der Waals surface area contributed by atoms with Crippen molar-refractivity contribution >= 4 is 34.8 Å². The van der Waals surface area contributed by atoms with Crippen LogP contribution in [0.5, 0.6) is 0 Å². The predicted octanol–water partition coefficient (Wildman–Crippen LogP) is 3.64. The summed E-state index contributed by atoms with van der Waals surface area (Å²) in [6, 6.07) is 14.8. The lowest BCUT2D eigenvalue weighted by Crippen LogP contribution is -2.28. The molecule has 2 aromatic rings. The van der Waals surface area contributed by atoms with E-state index >= 15 is 0 Å². The van der Waals surface area contributed by atoms with Gasteiger partial charge in [-0.25, -0.2) is 0 Å². The van der Waals surface area contributed by atoms with E-state index in [1.54, 1.807) is 17.0 Å². The van der Waals surface area contributed by atoms with Crippen LogP contribution in [0.2, 0.25) is 5.02 Å². The van der Waals surface area contributed by atoms with Gasteiger partial charge >= 0.3 is 0 Å². The summed E-state index contributed by atoms with van der Waals surface area (Å²) in [7, 11) is 0. The van der Waals surface area contributed by atoms with Crippen LogP contribution in [-0.4, -0.2) is 18.4 Å². The van der Waals surface area contributed by atoms with Crippen molar-refractivity contribution in [2.75, 3.05) is 16.8 Å². The van der Waals surface area contributed by atoms with E-state index in [-0.39, 0.29) is 24.2 Å². The molecule has 1 saturated heterocycles. The lowest BCUT2D eigenvalue weighted by atomic mass is 10.1. The number of carbonyl (C=O) groups is 2. The number of anilines is 2. The first kappa shape index (κ1) is 15.6. The minimum Gasteiger partial charge on any atom is -0.325 e. The number of nitrogens with zero attached hydrogens (tertiary/aromatic N) is 1. The van der Waals surface area contributed by atoms with Crippen molar-refractivity contribution in [3.63, 3.8) is 0 Å². The van der Waals surface area contributed by atoms with Crippen molar-refractivity contribution in [2.45, 2.75) is 13.3 Å². The van der Waals surface area contributed by atoms with E-state index in [0.717, 1.165) is 11.3 Å². The summed E-state index contributed by atoms with van der Waals surface area (Å²) in [6.07, 6.45) is 0.223. The minimum absolute atomic E-state index is 0.0285. The Hall–Kier alpha value is -2.33. The zero-order chi connectivity index (χ0) is 16.4. The molecule has 0 aliphatic carbocycles. The fraction of sp³-hybridized carbons (Fsp3) is 0.222. The third-order valence-corrected chi connectivity index (χ3v) is 4.50. The molecule has 1 heterocycles. The Bertz CT molecular complexity index is 746. The molecule has 4 nitrogen and oxygen atoms in total. The third kappa shape index (κ3) is 3.22. The molecule has 0 saturated carbocycles. The molecule has 118 valence electrons. The van der Waals surface area contributed by atoms with Crippen molar-refractivity contribution < 1.29 is 9.59 Å². The van der Waals surface area contributed by atoms with Crippen LogP contribution in [0.1, 0.15) is 12.0 Å². The van der Waals surface area contributed by atoms with Crippen LogP contribution in [0, 0.1) is 12.8 Å². The normalized spacial score (nSPS) is 17.4. The van der Waals surface area contributed by atoms with Gasteiger partial charge in [0.2, 0.25) is 11.8 Å². The molecule has 3 rings (SSSR count).